The number of hydrogen-bond acceptors (Lipinski definition) is 3. The highest BCUT2D eigenvalue weighted by molar-refractivity contribution is 6.30. The van der Waals surface area contributed by atoms with Gasteiger partial charge in [-0.05, 0) is 24.3 Å². The lowest BCUT2D eigenvalue weighted by Gasteiger charge is -2.05. The van der Waals surface area contributed by atoms with Gasteiger partial charge in [0, 0.05) is 17.6 Å². The van der Waals surface area contributed by atoms with Crippen LogP contribution in [0.2, 0.25) is 5.02 Å². The van der Waals surface area contributed by atoms with Crippen molar-refractivity contribution >= 4 is 23.3 Å². The Labute approximate surface area is 109 Å². The van der Waals surface area contributed by atoms with E-state index in [9.17, 15) is 4.79 Å². The summed E-state index contributed by atoms with van der Waals surface area (Å²) in [6.45, 7) is 0. The van der Waals surface area contributed by atoms with Crippen molar-refractivity contribution in [3.63, 3.8) is 0 Å². The van der Waals surface area contributed by atoms with Gasteiger partial charge in [0.2, 0.25) is 0 Å². The van der Waals surface area contributed by atoms with E-state index in [1.807, 2.05) is 6.07 Å². The second-order valence-corrected chi connectivity index (χ2v) is 4.04. The molecule has 0 unspecified atom stereocenters. The Hall–Kier alpha value is -2.32. The van der Waals surface area contributed by atoms with Crippen molar-refractivity contribution in [3.8, 4) is 6.07 Å². The zero-order valence-electron chi connectivity index (χ0n) is 9.51. The highest BCUT2D eigenvalue weighted by Crippen LogP contribution is 2.15. The summed E-state index contributed by atoms with van der Waals surface area (Å²) < 4.78 is 1.44. The van der Waals surface area contributed by atoms with Crippen LogP contribution in [0.4, 0.5) is 5.82 Å². The molecule has 0 fully saturated rings. The fourth-order valence-electron chi connectivity index (χ4n) is 1.45. The SMILES string of the molecule is Cn1ncc(C#N)c1NC(=O)c1ccc(Cl)cc1. The maximum atomic E-state index is 11.9. The predicted molar refractivity (Wildman–Crippen MR) is 67.3 cm³/mol. The van der Waals surface area contributed by atoms with E-state index in [0.29, 0.717) is 22.0 Å². The molecule has 1 heterocycles. The molecule has 0 bridgehead atoms. The lowest BCUT2D eigenvalue weighted by Crippen LogP contribution is -2.15. The monoisotopic (exact) mass is 260 g/mol. The fraction of sp³-hybridized carbons (Fsp3) is 0.0833. The number of hydrogen-bond donors (Lipinski definition) is 1. The number of amides is 1. The van der Waals surface area contributed by atoms with Crippen LogP contribution in [0, 0.1) is 11.3 Å². The number of nitrogens with one attached hydrogen (secondary N) is 1. The number of nitriles is 1. The van der Waals surface area contributed by atoms with Crippen molar-refractivity contribution in [3.05, 3.63) is 46.6 Å². The number of halogens is 1. The van der Waals surface area contributed by atoms with Gasteiger partial charge in [0.05, 0.1) is 6.20 Å². The van der Waals surface area contributed by atoms with Crippen LogP contribution in [-0.2, 0) is 7.05 Å². The normalized spacial score (nSPS) is 9.83. The molecule has 2 rings (SSSR count). The molecule has 1 aromatic carbocycles. The molecule has 1 N–H and O–H groups in total. The predicted octanol–water partition coefficient (Wildman–Crippen LogP) is 2.20. The van der Waals surface area contributed by atoms with Gasteiger partial charge in [-0.25, -0.2) is 0 Å². The summed E-state index contributed by atoms with van der Waals surface area (Å²) in [5.41, 5.74) is 0.782. The molecule has 0 atom stereocenters. The number of rotatable bonds is 2. The molecular weight excluding hydrogens is 252 g/mol. The van der Waals surface area contributed by atoms with Crippen molar-refractivity contribution < 1.29 is 4.79 Å². The van der Waals surface area contributed by atoms with Crippen molar-refractivity contribution in [2.75, 3.05) is 5.32 Å². The average molecular weight is 261 g/mol. The van der Waals surface area contributed by atoms with E-state index in [1.54, 1.807) is 31.3 Å². The van der Waals surface area contributed by atoms with Crippen molar-refractivity contribution in [1.29, 1.82) is 5.26 Å². The molecule has 1 amide bonds. The van der Waals surface area contributed by atoms with Gasteiger partial charge >= 0.3 is 0 Å². The lowest BCUT2D eigenvalue weighted by atomic mass is 10.2. The average Bonchev–Trinajstić information content (AvgIpc) is 2.71. The van der Waals surface area contributed by atoms with Gasteiger partial charge in [0.1, 0.15) is 17.5 Å². The first kappa shape index (κ1) is 12.1. The quantitative estimate of drug-likeness (QED) is 0.900. The minimum absolute atomic E-state index is 0.313. The second-order valence-electron chi connectivity index (χ2n) is 3.60. The summed E-state index contributed by atoms with van der Waals surface area (Å²) in [6, 6.07) is 8.45. The summed E-state index contributed by atoms with van der Waals surface area (Å²) in [5, 5.41) is 16.0. The minimum Gasteiger partial charge on any atom is -0.306 e. The van der Waals surface area contributed by atoms with Gasteiger partial charge in [-0.15, -0.1) is 0 Å². The minimum atomic E-state index is -0.313. The van der Waals surface area contributed by atoms with Gasteiger partial charge in [0.15, 0.2) is 0 Å². The second kappa shape index (κ2) is 4.90. The van der Waals surface area contributed by atoms with Crippen LogP contribution in [0.25, 0.3) is 0 Å². The van der Waals surface area contributed by atoms with E-state index in [1.165, 1.54) is 10.9 Å². The van der Waals surface area contributed by atoms with Crippen LogP contribution in [0.5, 0.6) is 0 Å². The fourth-order valence-corrected chi connectivity index (χ4v) is 1.57. The number of carbonyl (C=O) groups is 1. The van der Waals surface area contributed by atoms with Gasteiger partial charge in [-0.3, -0.25) is 9.48 Å². The largest absolute Gasteiger partial charge is 0.306 e. The molecule has 18 heavy (non-hydrogen) atoms. The summed E-state index contributed by atoms with van der Waals surface area (Å²) in [4.78, 5) is 11.9. The van der Waals surface area contributed by atoms with Crippen molar-refractivity contribution in [2.45, 2.75) is 0 Å². The highest BCUT2D eigenvalue weighted by atomic mass is 35.5. The van der Waals surface area contributed by atoms with E-state index in [4.69, 9.17) is 16.9 Å². The zero-order valence-corrected chi connectivity index (χ0v) is 10.3. The summed E-state index contributed by atoms with van der Waals surface area (Å²) >= 11 is 5.74. The molecule has 0 aliphatic rings. The molecular formula is C12H9ClN4O. The molecule has 6 heteroatoms. The summed E-state index contributed by atoms with van der Waals surface area (Å²) in [5.74, 6) is 0.0595. The maximum absolute atomic E-state index is 11.9. The standard InChI is InChI=1S/C12H9ClN4O/c1-17-11(9(6-14)7-15-17)16-12(18)8-2-4-10(13)5-3-8/h2-5,7H,1H3,(H,16,18). The molecule has 0 aliphatic heterocycles. The van der Waals surface area contributed by atoms with Crippen LogP contribution in [0.15, 0.2) is 30.5 Å². The van der Waals surface area contributed by atoms with E-state index >= 15 is 0 Å². The first-order valence-corrected chi connectivity index (χ1v) is 5.48. The molecule has 5 nitrogen and oxygen atoms in total. The van der Waals surface area contributed by atoms with Gasteiger partial charge in [-0.2, -0.15) is 10.4 Å². The number of nitrogens with zero attached hydrogens (tertiary/aromatic N) is 3. The van der Waals surface area contributed by atoms with Gasteiger partial charge in [-0.1, -0.05) is 11.6 Å². The molecule has 1 aromatic heterocycles. The smallest absolute Gasteiger partial charge is 0.256 e. The molecule has 0 radical (unpaired) electrons. The number of aryl methyl sites for hydroxylation is 1. The summed E-state index contributed by atoms with van der Waals surface area (Å²) in [7, 11) is 1.65. The van der Waals surface area contributed by atoms with Crippen LogP contribution in [0.3, 0.4) is 0 Å². The number of carbonyl (C=O) groups excluding carboxylic acids is 1. The van der Waals surface area contributed by atoms with Crippen LogP contribution in [-0.4, -0.2) is 15.7 Å². The third-order valence-corrected chi connectivity index (χ3v) is 2.65. The number of benzene rings is 1. The van der Waals surface area contributed by atoms with Crippen molar-refractivity contribution in [1.82, 2.24) is 9.78 Å². The Morgan fingerprint density at radius 3 is 2.72 bits per heavy atom. The first-order valence-electron chi connectivity index (χ1n) is 5.11. The Kier molecular flexibility index (Phi) is 3.31. The molecule has 2 aromatic rings. The molecule has 0 saturated heterocycles. The Bertz CT molecular complexity index is 625. The van der Waals surface area contributed by atoms with Crippen LogP contribution >= 0.6 is 11.6 Å². The number of aromatic nitrogens is 2. The Morgan fingerprint density at radius 1 is 1.44 bits per heavy atom. The third-order valence-electron chi connectivity index (χ3n) is 2.40. The topological polar surface area (TPSA) is 70.7 Å². The molecule has 90 valence electrons. The van der Waals surface area contributed by atoms with E-state index < -0.39 is 0 Å². The highest BCUT2D eigenvalue weighted by Gasteiger charge is 2.12. The Morgan fingerprint density at radius 2 is 2.11 bits per heavy atom. The molecule has 0 saturated carbocycles. The lowest BCUT2D eigenvalue weighted by molar-refractivity contribution is 0.102. The summed E-state index contributed by atoms with van der Waals surface area (Å²) in [6.07, 6.45) is 1.40. The van der Waals surface area contributed by atoms with E-state index in [2.05, 4.69) is 10.4 Å². The Balaban J connectivity index is 2.24. The third kappa shape index (κ3) is 2.34. The molecule has 0 spiro atoms. The van der Waals surface area contributed by atoms with Crippen LogP contribution in [0.1, 0.15) is 15.9 Å². The van der Waals surface area contributed by atoms with E-state index in [0.717, 1.165) is 0 Å². The van der Waals surface area contributed by atoms with E-state index in [-0.39, 0.29) is 5.91 Å². The maximum Gasteiger partial charge on any atom is 0.256 e. The first-order chi connectivity index (χ1) is 8.61. The zero-order chi connectivity index (χ0) is 13.1. The van der Waals surface area contributed by atoms with Crippen molar-refractivity contribution in [2.24, 2.45) is 7.05 Å². The van der Waals surface area contributed by atoms with Gasteiger partial charge in [0.25, 0.3) is 5.91 Å². The number of anilines is 1. The molecule has 0 aliphatic carbocycles. The van der Waals surface area contributed by atoms with Crippen LogP contribution < -0.4 is 5.32 Å². The van der Waals surface area contributed by atoms with Gasteiger partial charge < -0.3 is 5.32 Å².